The number of aliphatic carboxylic acids is 1. The number of carbonyl (C=O) groups is 2. The molecular formula is C11H14N4O5. The van der Waals surface area contributed by atoms with Gasteiger partial charge >= 0.3 is 11.7 Å². The van der Waals surface area contributed by atoms with E-state index in [0.717, 1.165) is 17.1 Å². The van der Waals surface area contributed by atoms with E-state index in [1.165, 1.54) is 0 Å². The lowest BCUT2D eigenvalue weighted by molar-refractivity contribution is -0.385. The van der Waals surface area contributed by atoms with Gasteiger partial charge in [-0.25, -0.2) is 4.79 Å². The van der Waals surface area contributed by atoms with Crippen molar-refractivity contribution >= 4 is 17.6 Å². The van der Waals surface area contributed by atoms with Crippen molar-refractivity contribution in [2.24, 2.45) is 0 Å². The highest BCUT2D eigenvalue weighted by Crippen LogP contribution is 2.07. The van der Waals surface area contributed by atoms with Gasteiger partial charge in [-0.05, 0) is 12.8 Å². The molecule has 2 N–H and O–H groups in total. The summed E-state index contributed by atoms with van der Waals surface area (Å²) in [5.41, 5.74) is -0.237. The van der Waals surface area contributed by atoms with Crippen molar-refractivity contribution in [1.82, 2.24) is 15.1 Å². The van der Waals surface area contributed by atoms with Gasteiger partial charge < -0.3 is 10.4 Å². The van der Waals surface area contributed by atoms with Crippen LogP contribution in [0.15, 0.2) is 25.0 Å². The minimum atomic E-state index is -1.15. The first kappa shape index (κ1) is 15.3. The Kier molecular flexibility index (Phi) is 5.39. The van der Waals surface area contributed by atoms with Crippen LogP contribution in [0.5, 0.6) is 0 Å². The Hall–Kier alpha value is -2.71. The minimum Gasteiger partial charge on any atom is -0.480 e. The van der Waals surface area contributed by atoms with Gasteiger partial charge in [0.15, 0.2) is 0 Å². The molecule has 108 valence electrons. The summed E-state index contributed by atoms with van der Waals surface area (Å²) in [5.74, 6) is -1.73. The van der Waals surface area contributed by atoms with Crippen molar-refractivity contribution in [3.05, 3.63) is 35.2 Å². The molecule has 9 heteroatoms. The Balaban J connectivity index is 2.58. The zero-order chi connectivity index (χ0) is 15.1. The average molecular weight is 282 g/mol. The van der Waals surface area contributed by atoms with E-state index in [-0.39, 0.29) is 18.7 Å². The van der Waals surface area contributed by atoms with Crippen LogP contribution in [0.2, 0.25) is 0 Å². The van der Waals surface area contributed by atoms with Crippen LogP contribution >= 0.6 is 0 Å². The first-order valence-electron chi connectivity index (χ1n) is 5.74. The number of carbonyl (C=O) groups excluding carboxylic acids is 1. The summed E-state index contributed by atoms with van der Waals surface area (Å²) in [5, 5.41) is 25.3. The van der Waals surface area contributed by atoms with Crippen LogP contribution in [-0.4, -0.2) is 37.7 Å². The molecule has 0 aromatic carbocycles. The number of nitro groups is 1. The molecule has 0 saturated heterocycles. The van der Waals surface area contributed by atoms with Gasteiger partial charge in [0.1, 0.15) is 25.0 Å². The number of hydrogen-bond acceptors (Lipinski definition) is 5. The molecule has 0 saturated carbocycles. The third kappa shape index (κ3) is 4.52. The van der Waals surface area contributed by atoms with Crippen LogP contribution in [0.1, 0.15) is 12.8 Å². The molecule has 0 radical (unpaired) electrons. The largest absolute Gasteiger partial charge is 0.480 e. The van der Waals surface area contributed by atoms with E-state index in [4.69, 9.17) is 5.11 Å². The van der Waals surface area contributed by atoms with Gasteiger partial charge in [-0.2, -0.15) is 5.10 Å². The number of nitrogens with zero attached hydrogens (tertiary/aromatic N) is 3. The molecule has 1 heterocycles. The van der Waals surface area contributed by atoms with Crippen molar-refractivity contribution < 1.29 is 19.6 Å². The maximum absolute atomic E-state index is 11.6. The van der Waals surface area contributed by atoms with E-state index in [1.54, 1.807) is 6.08 Å². The van der Waals surface area contributed by atoms with Crippen LogP contribution in [0.25, 0.3) is 0 Å². The Morgan fingerprint density at radius 2 is 2.35 bits per heavy atom. The number of carboxylic acids is 1. The quantitative estimate of drug-likeness (QED) is 0.401. The molecule has 0 spiro atoms. The molecule has 20 heavy (non-hydrogen) atoms. The lowest BCUT2D eigenvalue weighted by atomic mass is 10.1. The van der Waals surface area contributed by atoms with Crippen LogP contribution < -0.4 is 5.32 Å². The zero-order valence-corrected chi connectivity index (χ0v) is 10.6. The maximum Gasteiger partial charge on any atom is 0.326 e. The van der Waals surface area contributed by atoms with Crippen molar-refractivity contribution in [2.45, 2.75) is 25.4 Å². The number of rotatable bonds is 8. The first-order valence-corrected chi connectivity index (χ1v) is 5.74. The highest BCUT2D eigenvalue weighted by Gasteiger charge is 2.19. The average Bonchev–Trinajstić information content (AvgIpc) is 2.82. The predicted molar refractivity (Wildman–Crippen MR) is 67.9 cm³/mol. The highest BCUT2D eigenvalue weighted by molar-refractivity contribution is 5.83. The summed E-state index contributed by atoms with van der Waals surface area (Å²) < 4.78 is 1.07. The van der Waals surface area contributed by atoms with E-state index >= 15 is 0 Å². The molecule has 1 aromatic heterocycles. The Morgan fingerprint density at radius 1 is 1.65 bits per heavy atom. The molecular weight excluding hydrogens is 268 g/mol. The highest BCUT2D eigenvalue weighted by atomic mass is 16.6. The zero-order valence-electron chi connectivity index (χ0n) is 10.6. The number of allylic oxidation sites excluding steroid dienone is 1. The molecule has 1 atom stereocenters. The van der Waals surface area contributed by atoms with Gasteiger partial charge in [-0.15, -0.1) is 6.58 Å². The van der Waals surface area contributed by atoms with Crippen molar-refractivity contribution in [3.8, 4) is 0 Å². The van der Waals surface area contributed by atoms with Crippen molar-refractivity contribution in [2.75, 3.05) is 0 Å². The molecule has 0 aliphatic carbocycles. The standard InChI is InChI=1S/C11H14N4O5/c1-2-3-4-9(11(17)18)13-10(16)7-14-6-8(5-12-14)15(19)20/h2,5-6,9H,1,3-4,7H2,(H,13,16)(H,17,18). The molecule has 0 bridgehead atoms. The number of carboxylic acid groups (broad SMARTS) is 1. The third-order valence-electron chi connectivity index (χ3n) is 2.43. The molecule has 0 fully saturated rings. The molecule has 0 aliphatic rings. The molecule has 1 unspecified atom stereocenters. The second-order valence-electron chi connectivity index (χ2n) is 3.98. The van der Waals surface area contributed by atoms with E-state index in [2.05, 4.69) is 17.0 Å². The van der Waals surface area contributed by atoms with Gasteiger partial charge in [-0.3, -0.25) is 19.6 Å². The van der Waals surface area contributed by atoms with Crippen LogP contribution in [0.3, 0.4) is 0 Å². The summed E-state index contributed by atoms with van der Waals surface area (Å²) in [7, 11) is 0. The van der Waals surface area contributed by atoms with E-state index in [0.29, 0.717) is 6.42 Å². The third-order valence-corrected chi connectivity index (χ3v) is 2.43. The summed E-state index contributed by atoms with van der Waals surface area (Å²) in [6.07, 6.45) is 4.34. The Morgan fingerprint density at radius 3 is 2.85 bits per heavy atom. The SMILES string of the molecule is C=CCCC(NC(=O)Cn1cc([N+](=O)[O-])cn1)C(=O)O. The molecule has 9 nitrogen and oxygen atoms in total. The number of hydrogen-bond donors (Lipinski definition) is 2. The normalized spacial score (nSPS) is 11.6. The molecule has 1 amide bonds. The topological polar surface area (TPSA) is 127 Å². The summed E-state index contributed by atoms with van der Waals surface area (Å²) in [6.45, 7) is 3.19. The van der Waals surface area contributed by atoms with Crippen LogP contribution in [-0.2, 0) is 16.1 Å². The smallest absolute Gasteiger partial charge is 0.326 e. The maximum atomic E-state index is 11.6. The summed E-state index contributed by atoms with van der Waals surface area (Å²) in [4.78, 5) is 32.4. The number of amides is 1. The summed E-state index contributed by atoms with van der Waals surface area (Å²) >= 11 is 0. The monoisotopic (exact) mass is 282 g/mol. The van der Waals surface area contributed by atoms with Gasteiger partial charge in [0.25, 0.3) is 0 Å². The predicted octanol–water partition coefficient (Wildman–Crippen LogP) is 0.327. The van der Waals surface area contributed by atoms with Crippen LogP contribution in [0.4, 0.5) is 5.69 Å². The molecule has 1 aromatic rings. The lowest BCUT2D eigenvalue weighted by Gasteiger charge is -2.13. The Labute approximate surface area is 114 Å². The van der Waals surface area contributed by atoms with Crippen molar-refractivity contribution in [1.29, 1.82) is 0 Å². The minimum absolute atomic E-state index is 0.226. The van der Waals surface area contributed by atoms with E-state index < -0.39 is 22.8 Å². The fraction of sp³-hybridized carbons (Fsp3) is 0.364. The first-order chi connectivity index (χ1) is 9.43. The second-order valence-corrected chi connectivity index (χ2v) is 3.98. The van der Waals surface area contributed by atoms with Gasteiger partial charge in [0.05, 0.1) is 4.92 Å². The second kappa shape index (κ2) is 7.02. The van der Waals surface area contributed by atoms with Crippen molar-refractivity contribution in [3.63, 3.8) is 0 Å². The van der Waals surface area contributed by atoms with Gasteiger partial charge in [0.2, 0.25) is 5.91 Å². The fourth-order valence-electron chi connectivity index (χ4n) is 1.46. The van der Waals surface area contributed by atoms with Gasteiger partial charge in [-0.1, -0.05) is 6.08 Å². The molecule has 0 aliphatic heterocycles. The molecule has 1 rings (SSSR count). The van der Waals surface area contributed by atoms with E-state index in [9.17, 15) is 19.7 Å². The summed E-state index contributed by atoms with van der Waals surface area (Å²) in [6, 6.07) is -1.02. The lowest BCUT2D eigenvalue weighted by Crippen LogP contribution is -2.42. The fourth-order valence-corrected chi connectivity index (χ4v) is 1.46. The van der Waals surface area contributed by atoms with E-state index in [1.807, 2.05) is 0 Å². The Bertz CT molecular complexity index is 525. The van der Waals surface area contributed by atoms with Crippen LogP contribution in [0, 0.1) is 10.1 Å². The number of aromatic nitrogens is 2. The van der Waals surface area contributed by atoms with Gasteiger partial charge in [0, 0.05) is 0 Å². The number of nitrogens with one attached hydrogen (secondary N) is 1.